The van der Waals surface area contributed by atoms with E-state index in [-0.39, 0.29) is 0 Å². The van der Waals surface area contributed by atoms with Gasteiger partial charge < -0.3 is 0 Å². The van der Waals surface area contributed by atoms with E-state index in [0.29, 0.717) is 5.25 Å². The lowest BCUT2D eigenvalue weighted by molar-refractivity contribution is 0.715. The molecule has 11 heavy (non-hydrogen) atoms. The molecule has 0 bridgehead atoms. The third kappa shape index (κ3) is 2.88. The lowest BCUT2D eigenvalue weighted by Crippen LogP contribution is -1.85. The summed E-state index contributed by atoms with van der Waals surface area (Å²) < 4.78 is 0. The Labute approximate surface area is 78.1 Å². The molecule has 1 radical (unpaired) electrons. The minimum absolute atomic E-state index is 0.356. The predicted molar refractivity (Wildman–Crippen MR) is 54.2 cm³/mol. The second-order valence-electron chi connectivity index (χ2n) is 2.65. The van der Waals surface area contributed by atoms with Gasteiger partial charge in [0.15, 0.2) is 0 Å². The second kappa shape index (κ2) is 4.83. The average Bonchev–Trinajstić information content (AvgIpc) is 2.52. The van der Waals surface area contributed by atoms with Crippen molar-refractivity contribution in [3.8, 4) is 0 Å². The summed E-state index contributed by atoms with van der Waals surface area (Å²) in [4.78, 5) is 1.36. The summed E-state index contributed by atoms with van der Waals surface area (Å²) in [6, 6.07) is 4.21. The van der Waals surface area contributed by atoms with Crippen LogP contribution in [0.4, 0.5) is 0 Å². The number of unbranched alkanes of at least 4 members (excludes halogenated alkanes) is 1. The normalized spacial score (nSPS) is 13.3. The Balaban J connectivity index is 2.36. The molecule has 1 unspecified atom stereocenters. The molecule has 0 aliphatic heterocycles. The minimum Gasteiger partial charge on any atom is -0.148 e. The molecule has 0 saturated carbocycles. The zero-order valence-electron chi connectivity index (χ0n) is 6.75. The van der Waals surface area contributed by atoms with Crippen molar-refractivity contribution < 1.29 is 0 Å². The van der Waals surface area contributed by atoms with Gasteiger partial charge in [0.05, 0.1) is 0 Å². The smallest absolute Gasteiger partial charge is 0.0495 e. The molecule has 1 aromatic heterocycles. The Kier molecular flexibility index (Phi) is 4.02. The van der Waals surface area contributed by atoms with Crippen molar-refractivity contribution in [2.45, 2.75) is 31.4 Å². The highest BCUT2D eigenvalue weighted by Gasteiger charge is 2.06. The van der Waals surface area contributed by atoms with Crippen molar-refractivity contribution in [2.24, 2.45) is 0 Å². The molecule has 1 atom stereocenters. The number of thiophene rings is 1. The van der Waals surface area contributed by atoms with Crippen LogP contribution in [-0.4, -0.2) is 0 Å². The van der Waals surface area contributed by atoms with Gasteiger partial charge in [0, 0.05) is 10.1 Å². The topological polar surface area (TPSA) is 0 Å². The summed E-state index contributed by atoms with van der Waals surface area (Å²) in [7, 11) is 0. The number of hydrogen-bond donors (Lipinski definition) is 0. The first-order valence-corrected chi connectivity index (χ1v) is 5.39. The van der Waals surface area contributed by atoms with Crippen molar-refractivity contribution in [1.29, 1.82) is 0 Å². The van der Waals surface area contributed by atoms with Gasteiger partial charge in [0.1, 0.15) is 0 Å². The number of rotatable bonds is 4. The van der Waals surface area contributed by atoms with Gasteiger partial charge in [0.2, 0.25) is 0 Å². The highest BCUT2D eigenvalue weighted by molar-refractivity contribution is 7.80. The fourth-order valence-corrected chi connectivity index (χ4v) is 2.16. The zero-order valence-corrected chi connectivity index (χ0v) is 8.38. The van der Waals surface area contributed by atoms with E-state index in [4.69, 9.17) is 12.6 Å². The Morgan fingerprint density at radius 3 is 3.00 bits per heavy atom. The highest BCUT2D eigenvalue weighted by Crippen LogP contribution is 2.28. The molecule has 61 valence electrons. The van der Waals surface area contributed by atoms with E-state index in [1.165, 1.54) is 17.7 Å². The van der Waals surface area contributed by atoms with Gasteiger partial charge in [-0.05, 0) is 17.9 Å². The zero-order chi connectivity index (χ0) is 8.10. The molecule has 1 heterocycles. The van der Waals surface area contributed by atoms with Gasteiger partial charge >= 0.3 is 0 Å². The summed E-state index contributed by atoms with van der Waals surface area (Å²) in [5.41, 5.74) is 0. The third-order valence-electron chi connectivity index (χ3n) is 1.68. The predicted octanol–water partition coefficient (Wildman–Crippen LogP) is 4.18. The molecule has 0 fully saturated rings. The van der Waals surface area contributed by atoms with Gasteiger partial charge in [-0.25, -0.2) is 0 Å². The minimum atomic E-state index is 0.356. The quantitative estimate of drug-likeness (QED) is 0.660. The number of hydrogen-bond acceptors (Lipinski definition) is 1. The maximum absolute atomic E-state index is 5.33. The molecule has 0 amide bonds. The SMILES string of the molecule is CCCCC([S])c1cccs1. The molecule has 0 nitrogen and oxygen atoms in total. The maximum Gasteiger partial charge on any atom is 0.0495 e. The Morgan fingerprint density at radius 2 is 2.45 bits per heavy atom. The molecule has 1 aromatic rings. The summed E-state index contributed by atoms with van der Waals surface area (Å²) in [6.45, 7) is 2.20. The Bertz CT molecular complexity index is 179. The molecular formula is C9H13S2. The first-order chi connectivity index (χ1) is 5.34. The van der Waals surface area contributed by atoms with E-state index in [1.54, 1.807) is 11.3 Å². The van der Waals surface area contributed by atoms with Crippen LogP contribution >= 0.6 is 24.0 Å². The molecule has 0 saturated heterocycles. The van der Waals surface area contributed by atoms with Gasteiger partial charge in [-0.2, -0.15) is 0 Å². The van der Waals surface area contributed by atoms with Gasteiger partial charge in [-0.15, -0.1) is 11.3 Å². The molecule has 1 rings (SSSR count). The van der Waals surface area contributed by atoms with Gasteiger partial charge in [-0.1, -0.05) is 38.5 Å². The van der Waals surface area contributed by atoms with Crippen molar-refractivity contribution in [3.05, 3.63) is 22.4 Å². The van der Waals surface area contributed by atoms with Crippen LogP contribution in [0.1, 0.15) is 36.3 Å². The maximum atomic E-state index is 5.33. The van der Waals surface area contributed by atoms with Crippen molar-refractivity contribution in [2.75, 3.05) is 0 Å². The van der Waals surface area contributed by atoms with Crippen LogP contribution in [0.15, 0.2) is 17.5 Å². The fraction of sp³-hybridized carbons (Fsp3) is 0.556. The van der Waals surface area contributed by atoms with Crippen LogP contribution in [0.25, 0.3) is 0 Å². The molecule has 0 aliphatic carbocycles. The second-order valence-corrected chi connectivity index (χ2v) is 4.19. The van der Waals surface area contributed by atoms with Gasteiger partial charge in [0.25, 0.3) is 0 Å². The van der Waals surface area contributed by atoms with Crippen LogP contribution < -0.4 is 0 Å². The molecule has 0 spiro atoms. The van der Waals surface area contributed by atoms with Crippen LogP contribution in [0, 0.1) is 0 Å². The molecular weight excluding hydrogens is 172 g/mol. The van der Waals surface area contributed by atoms with E-state index >= 15 is 0 Å². The molecule has 0 aromatic carbocycles. The van der Waals surface area contributed by atoms with E-state index < -0.39 is 0 Å². The molecule has 2 heteroatoms. The summed E-state index contributed by atoms with van der Waals surface area (Å²) in [5.74, 6) is 0. The lowest BCUT2D eigenvalue weighted by Gasteiger charge is -2.04. The van der Waals surface area contributed by atoms with Crippen molar-refractivity contribution in [1.82, 2.24) is 0 Å². The summed E-state index contributed by atoms with van der Waals surface area (Å²) >= 11 is 7.11. The van der Waals surface area contributed by atoms with Crippen LogP contribution in [0.5, 0.6) is 0 Å². The van der Waals surface area contributed by atoms with Crippen molar-refractivity contribution >= 4 is 24.0 Å². The van der Waals surface area contributed by atoms with Gasteiger partial charge in [-0.3, -0.25) is 0 Å². The van der Waals surface area contributed by atoms with E-state index in [0.717, 1.165) is 6.42 Å². The standard InChI is InChI=1S/C9H13S2/c1-2-3-5-8(10)9-6-4-7-11-9/h4,6-8H,2-3,5H2,1H3. The largest absolute Gasteiger partial charge is 0.148 e. The Morgan fingerprint density at radius 1 is 1.64 bits per heavy atom. The van der Waals surface area contributed by atoms with Crippen LogP contribution in [0.2, 0.25) is 0 Å². The summed E-state index contributed by atoms with van der Waals surface area (Å²) in [6.07, 6.45) is 3.66. The molecule has 0 aliphatic rings. The third-order valence-corrected chi connectivity index (χ3v) is 3.31. The van der Waals surface area contributed by atoms with E-state index in [2.05, 4.69) is 24.4 Å². The summed E-state index contributed by atoms with van der Waals surface area (Å²) in [5, 5.41) is 2.45. The molecule has 0 N–H and O–H groups in total. The monoisotopic (exact) mass is 185 g/mol. The average molecular weight is 185 g/mol. The fourth-order valence-electron chi connectivity index (χ4n) is 1.01. The first-order valence-electron chi connectivity index (χ1n) is 4.03. The highest BCUT2D eigenvalue weighted by atomic mass is 32.1. The van der Waals surface area contributed by atoms with Crippen LogP contribution in [-0.2, 0) is 0 Å². The van der Waals surface area contributed by atoms with Crippen LogP contribution in [0.3, 0.4) is 0 Å². The van der Waals surface area contributed by atoms with Crippen molar-refractivity contribution in [3.63, 3.8) is 0 Å². The van der Waals surface area contributed by atoms with E-state index in [9.17, 15) is 0 Å². The first kappa shape index (κ1) is 9.14. The lowest BCUT2D eigenvalue weighted by atomic mass is 10.2. The Hall–Kier alpha value is 0.0500. The van der Waals surface area contributed by atoms with E-state index in [1.807, 2.05) is 0 Å².